The summed E-state index contributed by atoms with van der Waals surface area (Å²) in [6.45, 7) is 8.37. The van der Waals surface area contributed by atoms with E-state index in [9.17, 15) is 5.11 Å². The zero-order valence-corrected chi connectivity index (χ0v) is 23.1. The molecular formula is C29H43N7O2. The third-order valence-corrected chi connectivity index (χ3v) is 8.05. The van der Waals surface area contributed by atoms with Gasteiger partial charge in [0.2, 0.25) is 5.95 Å². The topological polar surface area (TPSA) is 91.6 Å². The van der Waals surface area contributed by atoms with Crippen LogP contribution in [0.5, 0.6) is 0 Å². The van der Waals surface area contributed by atoms with Gasteiger partial charge in [-0.1, -0.05) is 24.3 Å². The van der Waals surface area contributed by atoms with Crippen molar-refractivity contribution < 1.29 is 9.84 Å². The summed E-state index contributed by atoms with van der Waals surface area (Å²) in [5.74, 6) is 0.633. The van der Waals surface area contributed by atoms with E-state index in [4.69, 9.17) is 14.8 Å². The van der Waals surface area contributed by atoms with Gasteiger partial charge in [0.1, 0.15) is 5.69 Å². The van der Waals surface area contributed by atoms with Crippen molar-refractivity contribution >= 4 is 17.0 Å². The largest absolute Gasteiger partial charge is 0.393 e. The van der Waals surface area contributed by atoms with Crippen molar-refractivity contribution in [1.29, 1.82) is 0 Å². The Balaban J connectivity index is 1.39. The maximum Gasteiger partial charge on any atom is 0.224 e. The van der Waals surface area contributed by atoms with Gasteiger partial charge in [-0.2, -0.15) is 10.1 Å². The van der Waals surface area contributed by atoms with Crippen molar-refractivity contribution in [1.82, 2.24) is 29.5 Å². The van der Waals surface area contributed by atoms with Gasteiger partial charge in [0, 0.05) is 64.2 Å². The highest BCUT2D eigenvalue weighted by Gasteiger charge is 2.26. The van der Waals surface area contributed by atoms with E-state index in [-0.39, 0.29) is 18.2 Å². The molecule has 1 atom stereocenters. The van der Waals surface area contributed by atoms with Crippen molar-refractivity contribution in [2.24, 2.45) is 0 Å². The number of nitrogens with zero attached hydrogens (tertiary/aromatic N) is 6. The number of aliphatic hydroxyl groups excluding tert-OH is 1. The summed E-state index contributed by atoms with van der Waals surface area (Å²) in [6, 6.07) is 9.31. The quantitative estimate of drug-likeness (QED) is 0.388. The summed E-state index contributed by atoms with van der Waals surface area (Å²) in [4.78, 5) is 14.5. The number of likely N-dealkylation sites (N-methyl/N-ethyl adjacent to an activating group) is 1. The van der Waals surface area contributed by atoms with Crippen LogP contribution in [0.25, 0.3) is 22.3 Å². The maximum atomic E-state index is 10.1. The lowest BCUT2D eigenvalue weighted by atomic mass is 9.93. The number of anilines is 1. The molecule has 0 amide bonds. The van der Waals surface area contributed by atoms with Crippen molar-refractivity contribution in [3.05, 3.63) is 36.0 Å². The Morgan fingerprint density at radius 3 is 2.53 bits per heavy atom. The summed E-state index contributed by atoms with van der Waals surface area (Å²) in [6.07, 6.45) is 7.10. The lowest BCUT2D eigenvalue weighted by Crippen LogP contribution is -2.43. The van der Waals surface area contributed by atoms with Crippen LogP contribution in [0.3, 0.4) is 0 Å². The normalized spacial score (nSPS) is 22.1. The molecule has 2 aromatic heterocycles. The lowest BCUT2D eigenvalue weighted by molar-refractivity contribution is 0.109. The summed E-state index contributed by atoms with van der Waals surface area (Å²) in [7, 11) is 3.93. The minimum atomic E-state index is -0.208. The second kappa shape index (κ2) is 12.5. The third-order valence-electron chi connectivity index (χ3n) is 8.05. The SMILES string of the molecule is COCCCC(C)Nc1ncc2c(-c3ccc(CN4CCN(C)CC4)cc3)nn(C3CCC(O)CC3)c2n1. The number of nitrogens with one attached hydrogen (secondary N) is 1. The highest BCUT2D eigenvalue weighted by atomic mass is 16.5. The summed E-state index contributed by atoms with van der Waals surface area (Å²) in [5, 5.41) is 19.6. The Bertz CT molecular complexity index is 1170. The van der Waals surface area contributed by atoms with Crippen LogP contribution < -0.4 is 5.32 Å². The van der Waals surface area contributed by atoms with Gasteiger partial charge in [-0.3, -0.25) is 4.90 Å². The Labute approximate surface area is 226 Å². The molecule has 1 unspecified atom stereocenters. The first kappa shape index (κ1) is 27.0. The highest BCUT2D eigenvalue weighted by Crippen LogP contribution is 2.34. The molecule has 2 aliphatic rings. The summed E-state index contributed by atoms with van der Waals surface area (Å²) >= 11 is 0. The van der Waals surface area contributed by atoms with Crippen molar-refractivity contribution in [3.8, 4) is 11.3 Å². The van der Waals surface area contributed by atoms with Crippen LogP contribution >= 0.6 is 0 Å². The molecule has 9 heteroatoms. The molecule has 38 heavy (non-hydrogen) atoms. The van der Waals surface area contributed by atoms with Crippen LogP contribution in [0.15, 0.2) is 30.5 Å². The Morgan fingerprint density at radius 2 is 1.82 bits per heavy atom. The third kappa shape index (κ3) is 6.51. The van der Waals surface area contributed by atoms with E-state index < -0.39 is 0 Å². The number of ether oxygens (including phenoxy) is 1. The summed E-state index contributed by atoms with van der Waals surface area (Å²) in [5.41, 5.74) is 4.21. The van der Waals surface area contributed by atoms with Crippen LogP contribution in [-0.2, 0) is 11.3 Å². The fourth-order valence-corrected chi connectivity index (χ4v) is 5.62. The number of rotatable bonds is 10. The van der Waals surface area contributed by atoms with E-state index in [1.54, 1.807) is 7.11 Å². The zero-order chi connectivity index (χ0) is 26.5. The molecule has 9 nitrogen and oxygen atoms in total. The van der Waals surface area contributed by atoms with Gasteiger partial charge in [0.05, 0.1) is 17.5 Å². The van der Waals surface area contributed by atoms with E-state index in [1.807, 2.05) is 6.20 Å². The molecule has 206 valence electrons. The number of hydrogen-bond acceptors (Lipinski definition) is 8. The fourth-order valence-electron chi connectivity index (χ4n) is 5.62. The lowest BCUT2D eigenvalue weighted by Gasteiger charge is -2.32. The number of methoxy groups -OCH3 is 1. The van der Waals surface area contributed by atoms with E-state index in [2.05, 4.69) is 63.0 Å². The van der Waals surface area contributed by atoms with E-state index in [1.165, 1.54) is 5.56 Å². The first-order valence-electron chi connectivity index (χ1n) is 14.2. The Hall–Kier alpha value is -2.59. The molecule has 0 radical (unpaired) electrons. The average molecular weight is 522 g/mol. The van der Waals surface area contributed by atoms with Gasteiger partial charge in [0.25, 0.3) is 0 Å². The molecule has 3 heterocycles. The van der Waals surface area contributed by atoms with Gasteiger partial charge in [-0.05, 0) is 58.1 Å². The van der Waals surface area contributed by atoms with Crippen molar-refractivity contribution in [2.45, 2.75) is 70.2 Å². The number of aromatic nitrogens is 4. The molecule has 1 saturated carbocycles. The maximum absolute atomic E-state index is 10.1. The Morgan fingerprint density at radius 1 is 1.08 bits per heavy atom. The number of benzene rings is 1. The molecular weight excluding hydrogens is 478 g/mol. The van der Waals surface area contributed by atoms with Gasteiger partial charge >= 0.3 is 0 Å². The molecule has 3 aromatic rings. The first-order valence-corrected chi connectivity index (χ1v) is 14.2. The summed E-state index contributed by atoms with van der Waals surface area (Å²) < 4.78 is 7.29. The zero-order valence-electron chi connectivity index (χ0n) is 23.1. The van der Waals surface area contributed by atoms with E-state index >= 15 is 0 Å². The molecule has 2 fully saturated rings. The van der Waals surface area contributed by atoms with Crippen LogP contribution in [0.4, 0.5) is 5.95 Å². The highest BCUT2D eigenvalue weighted by molar-refractivity contribution is 5.91. The average Bonchev–Trinajstić information content (AvgIpc) is 3.30. The standard InChI is InChI=1S/C29H43N7O2/c1-21(5-4-18-38-3)31-29-30-19-26-27(33-36(28(26)32-29)24-10-12-25(37)13-11-24)23-8-6-22(7-9-23)20-35-16-14-34(2)15-17-35/h6-9,19,21,24-25,37H,4-5,10-18,20H2,1-3H3,(H,30,31,32). The van der Waals surface area contributed by atoms with Gasteiger partial charge < -0.3 is 20.1 Å². The number of aliphatic hydroxyl groups is 1. The van der Waals surface area contributed by atoms with E-state index in [0.717, 1.165) is 100 Å². The van der Waals surface area contributed by atoms with Crippen molar-refractivity contribution in [2.75, 3.05) is 52.3 Å². The second-order valence-electron chi connectivity index (χ2n) is 11.1. The van der Waals surface area contributed by atoms with Crippen LogP contribution in [-0.4, -0.2) is 93.7 Å². The number of piperazine rings is 1. The molecule has 1 saturated heterocycles. The minimum Gasteiger partial charge on any atom is -0.393 e. The monoisotopic (exact) mass is 521 g/mol. The molecule has 1 aliphatic carbocycles. The predicted octanol–water partition coefficient (Wildman–Crippen LogP) is 3.94. The molecule has 0 bridgehead atoms. The van der Waals surface area contributed by atoms with E-state index in [0.29, 0.717) is 5.95 Å². The molecule has 0 spiro atoms. The van der Waals surface area contributed by atoms with Gasteiger partial charge in [0.15, 0.2) is 5.65 Å². The second-order valence-corrected chi connectivity index (χ2v) is 11.1. The number of hydrogen-bond donors (Lipinski definition) is 2. The van der Waals surface area contributed by atoms with Crippen molar-refractivity contribution in [3.63, 3.8) is 0 Å². The van der Waals surface area contributed by atoms with Crippen LogP contribution in [0, 0.1) is 0 Å². The first-order chi connectivity index (χ1) is 18.5. The molecule has 2 N–H and O–H groups in total. The van der Waals surface area contributed by atoms with Gasteiger partial charge in [-0.25, -0.2) is 9.67 Å². The van der Waals surface area contributed by atoms with Crippen LogP contribution in [0.1, 0.15) is 57.1 Å². The van der Waals surface area contributed by atoms with Crippen LogP contribution in [0.2, 0.25) is 0 Å². The smallest absolute Gasteiger partial charge is 0.224 e. The Kier molecular flexibility index (Phi) is 8.89. The molecule has 5 rings (SSSR count). The van der Waals surface area contributed by atoms with Gasteiger partial charge in [-0.15, -0.1) is 0 Å². The predicted molar refractivity (Wildman–Crippen MR) is 151 cm³/mol. The fraction of sp³-hybridized carbons (Fsp3) is 0.621. The minimum absolute atomic E-state index is 0.208. The molecule has 1 aromatic carbocycles. The number of fused-ring (bicyclic) bond motifs is 1. The molecule has 1 aliphatic heterocycles.